The molecule has 29 heavy (non-hydrogen) atoms. The first-order valence-electron chi connectivity index (χ1n) is 9.26. The largest absolute Gasteiger partial charge is 0.461 e. The maximum absolute atomic E-state index is 12.8. The number of nitrogens with zero attached hydrogens (tertiary/aromatic N) is 3. The molecule has 4 rings (SSSR count). The number of carbonyl (C=O) groups is 1. The molecule has 2 aromatic heterocycles. The Labute approximate surface area is 172 Å². The predicted octanol–water partition coefficient (Wildman–Crippen LogP) is 3.64. The van der Waals surface area contributed by atoms with Crippen LogP contribution >= 0.6 is 11.8 Å². The average molecular weight is 407 g/mol. The van der Waals surface area contributed by atoms with Crippen LogP contribution in [0.2, 0.25) is 0 Å². The van der Waals surface area contributed by atoms with Crippen LogP contribution in [0, 0.1) is 5.41 Å². The summed E-state index contributed by atoms with van der Waals surface area (Å²) in [6, 6.07) is 18.0. The Kier molecular flexibility index (Phi) is 5.26. The van der Waals surface area contributed by atoms with E-state index in [1.54, 1.807) is 6.92 Å². The van der Waals surface area contributed by atoms with Crippen molar-refractivity contribution in [3.05, 3.63) is 71.5 Å². The van der Waals surface area contributed by atoms with Crippen LogP contribution in [0.25, 0.3) is 16.8 Å². The summed E-state index contributed by atoms with van der Waals surface area (Å²) in [6.07, 6.45) is 0. The van der Waals surface area contributed by atoms with E-state index in [2.05, 4.69) is 16.7 Å². The zero-order valence-corrected chi connectivity index (χ0v) is 16.8. The number of fused-ring (bicyclic) bond motifs is 3. The number of imidazole rings is 2. The summed E-state index contributed by atoms with van der Waals surface area (Å²) >= 11 is 1.14. The van der Waals surface area contributed by atoms with Crippen molar-refractivity contribution in [1.82, 2.24) is 14.0 Å². The molecule has 0 spiro atoms. The van der Waals surface area contributed by atoms with E-state index in [0.717, 1.165) is 28.4 Å². The summed E-state index contributed by atoms with van der Waals surface area (Å²) in [5.41, 5.74) is 9.46. The van der Waals surface area contributed by atoms with Crippen LogP contribution in [0.15, 0.2) is 54.6 Å². The summed E-state index contributed by atoms with van der Waals surface area (Å²) in [5.74, 6) is 0.559. The number of benzene rings is 2. The van der Waals surface area contributed by atoms with Gasteiger partial charge in [0.1, 0.15) is 0 Å². The van der Waals surface area contributed by atoms with E-state index in [-0.39, 0.29) is 11.8 Å². The van der Waals surface area contributed by atoms with Crippen LogP contribution in [0.5, 0.6) is 0 Å². The van der Waals surface area contributed by atoms with Gasteiger partial charge in [-0.05, 0) is 24.6 Å². The standard InChI is InChI=1S/C21H21N5O2S/c1-2-28-19(27)18-15(13-29-20(22)23)24-21-25(12-14-8-4-3-5-9-14)16-10-6-7-11-17(16)26(18)21/h3-11H,2,12-13H2,1H3,(H3,22,23). The van der Waals surface area contributed by atoms with Gasteiger partial charge in [-0.2, -0.15) is 0 Å². The van der Waals surface area contributed by atoms with Gasteiger partial charge in [-0.3, -0.25) is 9.81 Å². The molecule has 148 valence electrons. The molecule has 7 nitrogen and oxygen atoms in total. The monoisotopic (exact) mass is 407 g/mol. The fraction of sp³-hybridized carbons (Fsp3) is 0.190. The van der Waals surface area contributed by atoms with Crippen molar-refractivity contribution in [2.45, 2.75) is 19.2 Å². The molecule has 0 amide bonds. The topological polar surface area (TPSA) is 98.4 Å². The molecule has 0 aliphatic carbocycles. The number of esters is 1. The molecule has 0 aliphatic heterocycles. The molecule has 0 saturated heterocycles. The highest BCUT2D eigenvalue weighted by molar-refractivity contribution is 8.13. The second-order valence-corrected chi connectivity index (χ2v) is 7.49. The van der Waals surface area contributed by atoms with E-state index >= 15 is 0 Å². The van der Waals surface area contributed by atoms with E-state index in [1.165, 1.54) is 0 Å². The maximum atomic E-state index is 12.8. The minimum Gasteiger partial charge on any atom is -0.461 e. The van der Waals surface area contributed by atoms with Crippen LogP contribution in [0.3, 0.4) is 0 Å². The first-order chi connectivity index (χ1) is 14.1. The average Bonchev–Trinajstić information content (AvgIpc) is 3.23. The highest BCUT2D eigenvalue weighted by Gasteiger charge is 2.25. The van der Waals surface area contributed by atoms with Crippen molar-refractivity contribution in [3.8, 4) is 0 Å². The number of carbonyl (C=O) groups excluding carboxylic acids is 1. The molecule has 2 aromatic carbocycles. The number of amidine groups is 1. The number of thioether (sulfide) groups is 1. The number of para-hydroxylation sites is 2. The van der Waals surface area contributed by atoms with Crippen molar-refractivity contribution in [2.24, 2.45) is 5.73 Å². The molecule has 0 radical (unpaired) electrons. The summed E-state index contributed by atoms with van der Waals surface area (Å²) in [5, 5.41) is 7.49. The SMILES string of the molecule is CCOC(=O)c1c(CSC(=N)N)nc2n(Cc3ccccc3)c3ccccc3n12. The molecular formula is C21H21N5O2S. The Morgan fingerprint density at radius 3 is 2.52 bits per heavy atom. The maximum Gasteiger partial charge on any atom is 0.357 e. The number of nitrogens with one attached hydrogen (secondary N) is 1. The van der Waals surface area contributed by atoms with Crippen molar-refractivity contribution in [2.75, 3.05) is 6.61 Å². The van der Waals surface area contributed by atoms with Crippen molar-refractivity contribution in [3.63, 3.8) is 0 Å². The third-order valence-electron chi connectivity index (χ3n) is 4.60. The van der Waals surface area contributed by atoms with Gasteiger partial charge in [0.05, 0.1) is 29.9 Å². The summed E-state index contributed by atoms with van der Waals surface area (Å²) < 4.78 is 9.26. The molecule has 0 saturated carbocycles. The highest BCUT2D eigenvalue weighted by atomic mass is 32.2. The second-order valence-electron chi connectivity index (χ2n) is 6.48. The van der Waals surface area contributed by atoms with E-state index in [1.807, 2.05) is 46.9 Å². The van der Waals surface area contributed by atoms with Crippen LogP contribution in [-0.2, 0) is 17.0 Å². The smallest absolute Gasteiger partial charge is 0.357 e. The van der Waals surface area contributed by atoms with Crippen LogP contribution < -0.4 is 5.73 Å². The molecule has 0 fully saturated rings. The van der Waals surface area contributed by atoms with Crippen LogP contribution in [0.1, 0.15) is 28.7 Å². The molecule has 0 aliphatic rings. The molecule has 2 heterocycles. The zero-order valence-electron chi connectivity index (χ0n) is 16.0. The van der Waals surface area contributed by atoms with Gasteiger partial charge in [0, 0.05) is 5.75 Å². The summed E-state index contributed by atoms with van der Waals surface area (Å²) in [6.45, 7) is 2.67. The predicted molar refractivity (Wildman–Crippen MR) is 115 cm³/mol. The molecule has 0 bridgehead atoms. The quantitative estimate of drug-likeness (QED) is 0.289. The summed E-state index contributed by atoms with van der Waals surface area (Å²) in [7, 11) is 0. The first kappa shape index (κ1) is 19.1. The Morgan fingerprint density at radius 1 is 1.14 bits per heavy atom. The van der Waals surface area contributed by atoms with Crippen molar-refractivity contribution in [1.29, 1.82) is 5.41 Å². The molecule has 0 atom stereocenters. The molecule has 8 heteroatoms. The Hall–Kier alpha value is -3.26. The van der Waals surface area contributed by atoms with Gasteiger partial charge in [0.15, 0.2) is 10.9 Å². The lowest BCUT2D eigenvalue weighted by Gasteiger charge is -2.06. The Balaban J connectivity index is 1.95. The van der Waals surface area contributed by atoms with Gasteiger partial charge in [0.2, 0.25) is 5.78 Å². The normalized spacial score (nSPS) is 11.2. The molecule has 3 N–H and O–H groups in total. The number of aromatic nitrogens is 3. The lowest BCUT2D eigenvalue weighted by atomic mass is 10.2. The summed E-state index contributed by atoms with van der Waals surface area (Å²) in [4.78, 5) is 17.6. The van der Waals surface area contributed by atoms with Crippen LogP contribution in [-0.4, -0.2) is 31.7 Å². The van der Waals surface area contributed by atoms with Gasteiger partial charge in [-0.25, -0.2) is 9.78 Å². The number of nitrogens with two attached hydrogens (primary N) is 1. The lowest BCUT2D eigenvalue weighted by molar-refractivity contribution is 0.0517. The minimum absolute atomic E-state index is 0.0190. The third-order valence-corrected chi connectivity index (χ3v) is 5.33. The zero-order chi connectivity index (χ0) is 20.4. The van der Waals surface area contributed by atoms with Gasteiger partial charge >= 0.3 is 5.97 Å². The van der Waals surface area contributed by atoms with E-state index in [4.69, 9.17) is 20.9 Å². The van der Waals surface area contributed by atoms with Gasteiger partial charge < -0.3 is 15.0 Å². The Morgan fingerprint density at radius 2 is 1.83 bits per heavy atom. The number of rotatable bonds is 6. The van der Waals surface area contributed by atoms with Gasteiger partial charge in [-0.1, -0.05) is 54.2 Å². The fourth-order valence-corrected chi connectivity index (χ4v) is 3.92. The van der Waals surface area contributed by atoms with E-state index < -0.39 is 5.97 Å². The minimum atomic E-state index is -0.429. The highest BCUT2D eigenvalue weighted by Crippen LogP contribution is 2.27. The van der Waals surface area contributed by atoms with E-state index in [9.17, 15) is 4.79 Å². The van der Waals surface area contributed by atoms with Crippen LogP contribution in [0.4, 0.5) is 0 Å². The number of hydrogen-bond donors (Lipinski definition) is 2. The van der Waals surface area contributed by atoms with E-state index in [0.29, 0.717) is 29.5 Å². The fourth-order valence-electron chi connectivity index (χ4n) is 3.43. The third kappa shape index (κ3) is 3.58. The molecule has 0 unspecified atom stereocenters. The molecule has 4 aromatic rings. The van der Waals surface area contributed by atoms with Gasteiger partial charge in [0.25, 0.3) is 0 Å². The number of ether oxygens (including phenoxy) is 1. The van der Waals surface area contributed by atoms with Crippen molar-refractivity contribution >= 4 is 39.7 Å². The van der Waals surface area contributed by atoms with Crippen molar-refractivity contribution < 1.29 is 9.53 Å². The van der Waals surface area contributed by atoms with Gasteiger partial charge in [-0.15, -0.1) is 0 Å². The lowest BCUT2D eigenvalue weighted by Crippen LogP contribution is -2.11. The first-order valence-corrected chi connectivity index (χ1v) is 10.2. The Bertz CT molecular complexity index is 1200. The molecular weight excluding hydrogens is 386 g/mol. The second kappa shape index (κ2) is 8.00. The number of hydrogen-bond acceptors (Lipinski definition) is 5.